The second-order valence-corrected chi connectivity index (χ2v) is 6.26. The lowest BCUT2D eigenvalue weighted by atomic mass is 10.1. The number of carbonyl (C=O) groups excluding carboxylic acids is 1. The molecule has 0 spiro atoms. The van der Waals surface area contributed by atoms with E-state index in [1.54, 1.807) is 16.9 Å². The van der Waals surface area contributed by atoms with Crippen LogP contribution in [-0.4, -0.2) is 20.7 Å². The normalized spacial score (nSPS) is 10.8. The molecule has 5 nitrogen and oxygen atoms in total. The number of benzene rings is 2. The number of amides is 1. The number of hydrogen-bond acceptors (Lipinski definition) is 3. The van der Waals surface area contributed by atoms with E-state index in [9.17, 15) is 4.79 Å². The van der Waals surface area contributed by atoms with Crippen LogP contribution < -0.4 is 5.32 Å². The Labute approximate surface area is 155 Å². The molecule has 6 heteroatoms. The molecule has 0 bridgehead atoms. The summed E-state index contributed by atoms with van der Waals surface area (Å²) in [7, 11) is 0. The van der Waals surface area contributed by atoms with Gasteiger partial charge >= 0.3 is 0 Å². The third-order valence-corrected chi connectivity index (χ3v) is 4.37. The third-order valence-electron chi connectivity index (χ3n) is 4.01. The van der Waals surface area contributed by atoms with Crippen molar-refractivity contribution in [2.45, 2.75) is 6.42 Å². The number of nitrogens with zero attached hydrogens (tertiary/aromatic N) is 3. The molecule has 1 N–H and O–H groups in total. The minimum atomic E-state index is -0.111. The first-order valence-electron chi connectivity index (χ1n) is 8.13. The highest BCUT2D eigenvalue weighted by Gasteiger charge is 2.08. The quantitative estimate of drug-likeness (QED) is 0.590. The van der Waals surface area contributed by atoms with Crippen LogP contribution in [0.2, 0.25) is 5.02 Å². The fourth-order valence-electron chi connectivity index (χ4n) is 2.71. The Kier molecular flexibility index (Phi) is 4.37. The predicted octanol–water partition coefficient (Wildman–Crippen LogP) is 4.26. The zero-order valence-corrected chi connectivity index (χ0v) is 14.5. The van der Waals surface area contributed by atoms with E-state index in [2.05, 4.69) is 15.4 Å². The van der Waals surface area contributed by atoms with Gasteiger partial charge in [0.05, 0.1) is 12.1 Å². The van der Waals surface area contributed by atoms with E-state index < -0.39 is 0 Å². The van der Waals surface area contributed by atoms with Crippen LogP contribution in [0.25, 0.3) is 16.7 Å². The molecule has 0 aliphatic heterocycles. The van der Waals surface area contributed by atoms with Gasteiger partial charge in [-0.2, -0.15) is 0 Å². The maximum Gasteiger partial charge on any atom is 0.228 e. The number of aromatic nitrogens is 3. The van der Waals surface area contributed by atoms with Gasteiger partial charge in [0.15, 0.2) is 5.65 Å². The van der Waals surface area contributed by atoms with Crippen molar-refractivity contribution in [3.8, 4) is 5.69 Å². The number of anilines is 1. The number of nitrogens with one attached hydrogen (secondary N) is 1. The number of hydrogen-bond donors (Lipinski definition) is 1. The molecule has 2 heterocycles. The van der Waals surface area contributed by atoms with Crippen LogP contribution in [-0.2, 0) is 11.2 Å². The van der Waals surface area contributed by atoms with Gasteiger partial charge in [-0.1, -0.05) is 29.8 Å². The van der Waals surface area contributed by atoms with Gasteiger partial charge in [-0.15, -0.1) is 5.10 Å². The monoisotopic (exact) mass is 362 g/mol. The topological polar surface area (TPSA) is 59.8 Å². The molecule has 0 unspecified atom stereocenters. The molecule has 1 amide bonds. The highest BCUT2D eigenvalue weighted by Crippen LogP contribution is 2.18. The molecule has 4 rings (SSSR count). The summed E-state index contributed by atoms with van der Waals surface area (Å²) in [6, 6.07) is 18.7. The molecule has 0 fully saturated rings. The van der Waals surface area contributed by atoms with Gasteiger partial charge < -0.3 is 5.32 Å². The van der Waals surface area contributed by atoms with Gasteiger partial charge in [0.1, 0.15) is 0 Å². The number of rotatable bonds is 4. The van der Waals surface area contributed by atoms with Crippen molar-refractivity contribution in [2.75, 3.05) is 5.32 Å². The van der Waals surface area contributed by atoms with E-state index in [-0.39, 0.29) is 12.3 Å². The van der Waals surface area contributed by atoms with E-state index in [1.807, 2.05) is 60.8 Å². The lowest BCUT2D eigenvalue weighted by Crippen LogP contribution is -2.14. The zero-order chi connectivity index (χ0) is 17.9. The molecule has 0 saturated heterocycles. The van der Waals surface area contributed by atoms with Gasteiger partial charge in [0.25, 0.3) is 0 Å². The minimum Gasteiger partial charge on any atom is -0.326 e. The van der Waals surface area contributed by atoms with Crippen molar-refractivity contribution in [3.05, 3.63) is 83.6 Å². The fraction of sp³-hybridized carbons (Fsp3) is 0.0500. The van der Waals surface area contributed by atoms with Gasteiger partial charge in [-0.3, -0.25) is 4.79 Å². The van der Waals surface area contributed by atoms with Crippen LogP contribution >= 0.6 is 11.6 Å². The van der Waals surface area contributed by atoms with Crippen LogP contribution in [0.3, 0.4) is 0 Å². The first-order chi connectivity index (χ1) is 12.7. The van der Waals surface area contributed by atoms with Crippen LogP contribution in [0, 0.1) is 0 Å². The van der Waals surface area contributed by atoms with Crippen molar-refractivity contribution < 1.29 is 4.79 Å². The molecule has 2 aromatic heterocycles. The summed E-state index contributed by atoms with van der Waals surface area (Å²) in [6.45, 7) is 0. The Bertz CT molecular complexity index is 1040. The molecule has 128 valence electrons. The van der Waals surface area contributed by atoms with Crippen LogP contribution in [0.5, 0.6) is 0 Å². The van der Waals surface area contributed by atoms with Crippen molar-refractivity contribution in [3.63, 3.8) is 0 Å². The highest BCUT2D eigenvalue weighted by molar-refractivity contribution is 6.31. The lowest BCUT2D eigenvalue weighted by Gasteiger charge is -2.08. The van der Waals surface area contributed by atoms with Crippen LogP contribution in [0.4, 0.5) is 5.69 Å². The molecular formula is C20H15ClN4O. The Hall–Kier alpha value is -3.18. The van der Waals surface area contributed by atoms with Gasteiger partial charge in [-0.05, 0) is 48.0 Å². The van der Waals surface area contributed by atoms with Gasteiger partial charge in [0.2, 0.25) is 5.91 Å². The summed E-state index contributed by atoms with van der Waals surface area (Å²) in [5.41, 5.74) is 3.12. The van der Waals surface area contributed by atoms with E-state index in [0.717, 1.165) is 22.3 Å². The SMILES string of the molecule is O=C(Cc1ccccc1Cl)Nc1ccc(-n2cc3cccnc3n2)cc1. The summed E-state index contributed by atoms with van der Waals surface area (Å²) < 4.78 is 1.77. The van der Waals surface area contributed by atoms with Crippen molar-refractivity contribution >= 4 is 34.2 Å². The molecule has 0 radical (unpaired) electrons. The summed E-state index contributed by atoms with van der Waals surface area (Å²) in [5.74, 6) is -0.111. The van der Waals surface area contributed by atoms with Crippen LogP contribution in [0.1, 0.15) is 5.56 Å². The van der Waals surface area contributed by atoms with Gasteiger partial charge in [-0.25, -0.2) is 9.67 Å². The average molecular weight is 363 g/mol. The van der Waals surface area contributed by atoms with Crippen molar-refractivity contribution in [1.82, 2.24) is 14.8 Å². The Morgan fingerprint density at radius 1 is 1.04 bits per heavy atom. The van der Waals surface area contributed by atoms with E-state index in [0.29, 0.717) is 10.7 Å². The fourth-order valence-corrected chi connectivity index (χ4v) is 2.91. The molecule has 26 heavy (non-hydrogen) atoms. The van der Waals surface area contributed by atoms with Crippen molar-refractivity contribution in [1.29, 1.82) is 0 Å². The second kappa shape index (κ2) is 6.98. The smallest absolute Gasteiger partial charge is 0.228 e. The Morgan fingerprint density at radius 2 is 1.85 bits per heavy atom. The lowest BCUT2D eigenvalue weighted by molar-refractivity contribution is -0.115. The molecular weight excluding hydrogens is 348 g/mol. The largest absolute Gasteiger partial charge is 0.326 e. The standard InChI is InChI=1S/C20H15ClN4O/c21-18-6-2-1-4-14(18)12-19(26)23-16-7-9-17(10-8-16)25-13-15-5-3-11-22-20(15)24-25/h1-11,13H,12H2,(H,23,26). The molecule has 0 atom stereocenters. The summed E-state index contributed by atoms with van der Waals surface area (Å²) in [5, 5.41) is 8.90. The summed E-state index contributed by atoms with van der Waals surface area (Å²) >= 11 is 6.10. The first kappa shape index (κ1) is 16.3. The number of pyridine rings is 1. The van der Waals surface area contributed by atoms with Crippen LogP contribution in [0.15, 0.2) is 73.1 Å². The Morgan fingerprint density at radius 3 is 2.62 bits per heavy atom. The predicted molar refractivity (Wildman–Crippen MR) is 103 cm³/mol. The molecule has 0 aliphatic carbocycles. The van der Waals surface area contributed by atoms with E-state index in [1.165, 1.54) is 0 Å². The minimum absolute atomic E-state index is 0.111. The summed E-state index contributed by atoms with van der Waals surface area (Å²) in [4.78, 5) is 16.4. The summed E-state index contributed by atoms with van der Waals surface area (Å²) in [6.07, 6.45) is 3.88. The third kappa shape index (κ3) is 3.43. The van der Waals surface area contributed by atoms with E-state index in [4.69, 9.17) is 11.6 Å². The molecule has 0 aliphatic rings. The number of halogens is 1. The van der Waals surface area contributed by atoms with Gasteiger partial charge in [0, 0.05) is 28.5 Å². The molecule has 2 aromatic carbocycles. The highest BCUT2D eigenvalue weighted by atomic mass is 35.5. The van der Waals surface area contributed by atoms with Crippen molar-refractivity contribution in [2.24, 2.45) is 0 Å². The first-order valence-corrected chi connectivity index (χ1v) is 8.51. The zero-order valence-electron chi connectivity index (χ0n) is 13.8. The van der Waals surface area contributed by atoms with E-state index >= 15 is 0 Å². The molecule has 0 saturated carbocycles. The maximum atomic E-state index is 12.2. The number of carbonyl (C=O) groups is 1. The maximum absolute atomic E-state index is 12.2. The Balaban J connectivity index is 1.47. The average Bonchev–Trinajstić information content (AvgIpc) is 3.08. The number of fused-ring (bicyclic) bond motifs is 1. The molecule has 4 aromatic rings. The second-order valence-electron chi connectivity index (χ2n) is 5.85.